The summed E-state index contributed by atoms with van der Waals surface area (Å²) in [6.45, 7) is 0.389. The molecule has 1 spiro atoms. The number of nitrogens with zero attached hydrogens (tertiary/aromatic N) is 1. The van der Waals surface area contributed by atoms with Gasteiger partial charge in [0.1, 0.15) is 5.78 Å². The summed E-state index contributed by atoms with van der Waals surface area (Å²) >= 11 is 0. The largest absolute Gasteiger partial charge is 0.469 e. The molecule has 0 aromatic heterocycles. The lowest BCUT2D eigenvalue weighted by atomic mass is 9.66. The average Bonchev–Trinajstić information content (AvgIpc) is 2.81. The second kappa shape index (κ2) is 5.35. The fourth-order valence-electron chi connectivity index (χ4n) is 3.89. The quantitative estimate of drug-likeness (QED) is 0.715. The molecule has 1 aliphatic carbocycles. The molecular weight excluding hydrogens is 286 g/mol. The van der Waals surface area contributed by atoms with Crippen molar-refractivity contribution < 1.29 is 23.9 Å². The number of carbonyl (C=O) groups is 3. The predicted molar refractivity (Wildman–Crippen MR) is 76.8 cm³/mol. The van der Waals surface area contributed by atoms with Crippen LogP contribution in [-0.4, -0.2) is 55.0 Å². The van der Waals surface area contributed by atoms with Gasteiger partial charge in [-0.2, -0.15) is 0 Å². The van der Waals surface area contributed by atoms with Crippen molar-refractivity contribution in [2.75, 3.05) is 20.8 Å². The van der Waals surface area contributed by atoms with Crippen LogP contribution in [0.1, 0.15) is 19.3 Å². The van der Waals surface area contributed by atoms with Crippen molar-refractivity contribution in [2.45, 2.75) is 30.9 Å². The van der Waals surface area contributed by atoms with E-state index in [1.165, 1.54) is 7.11 Å². The molecule has 0 radical (unpaired) electrons. The number of carbonyl (C=O) groups excluding carboxylic acids is 3. The highest BCUT2D eigenvalue weighted by atomic mass is 16.5. The molecular formula is C16H19NO5. The van der Waals surface area contributed by atoms with Crippen LogP contribution in [0.25, 0.3) is 0 Å². The standard InChI is InChI=1S/C16H19NO5/c1-21-11-4-3-10-7-14(19)17-6-5-13(18)12(8-15(20)22-2)16(10,17)9-11/h3-4,7,11-12H,5-6,8-9H2,1-2H3/t11-,12-,16-/m0/s1. The highest BCUT2D eigenvalue weighted by molar-refractivity contribution is 5.99. The molecule has 1 amide bonds. The molecule has 0 aromatic carbocycles. The third-order valence-corrected chi connectivity index (χ3v) is 4.98. The second-order valence-electron chi connectivity index (χ2n) is 5.90. The van der Waals surface area contributed by atoms with Crippen molar-refractivity contribution in [2.24, 2.45) is 5.92 Å². The van der Waals surface area contributed by atoms with E-state index < -0.39 is 17.4 Å². The summed E-state index contributed by atoms with van der Waals surface area (Å²) in [5.74, 6) is -1.10. The minimum Gasteiger partial charge on any atom is -0.469 e. The Balaban J connectivity index is 2.06. The highest BCUT2D eigenvalue weighted by Gasteiger charge is 2.58. The molecule has 0 saturated carbocycles. The molecule has 22 heavy (non-hydrogen) atoms. The smallest absolute Gasteiger partial charge is 0.306 e. The van der Waals surface area contributed by atoms with Crippen LogP contribution in [0.2, 0.25) is 0 Å². The number of Topliss-reactive ketones (excluding diaryl/α,β-unsaturated/α-hetero) is 1. The van der Waals surface area contributed by atoms with Crippen molar-refractivity contribution >= 4 is 17.7 Å². The summed E-state index contributed by atoms with van der Waals surface area (Å²) in [5, 5.41) is 0. The van der Waals surface area contributed by atoms with Gasteiger partial charge in [-0.05, 0) is 5.57 Å². The molecule has 0 aromatic rings. The van der Waals surface area contributed by atoms with Crippen LogP contribution in [0.4, 0.5) is 0 Å². The third kappa shape index (κ3) is 2.01. The SMILES string of the molecule is COC(=O)C[C@H]1C(=O)CCN2C(=O)C=C3C=C[C@H](OC)C[C@]312. The molecule has 0 N–H and O–H groups in total. The first-order valence-corrected chi connectivity index (χ1v) is 7.37. The number of piperidine rings is 1. The Morgan fingerprint density at radius 3 is 2.86 bits per heavy atom. The molecule has 3 rings (SSSR count). The number of hydrogen-bond donors (Lipinski definition) is 0. The lowest BCUT2D eigenvalue weighted by molar-refractivity contribution is -0.152. The molecule has 6 heteroatoms. The van der Waals surface area contributed by atoms with Crippen LogP contribution in [0, 0.1) is 5.92 Å². The number of ether oxygens (including phenoxy) is 2. The maximum atomic E-state index is 12.5. The number of methoxy groups -OCH3 is 2. The molecule has 1 fully saturated rings. The zero-order valence-corrected chi connectivity index (χ0v) is 12.7. The molecule has 1 saturated heterocycles. The van der Waals surface area contributed by atoms with Crippen LogP contribution < -0.4 is 0 Å². The first-order chi connectivity index (χ1) is 10.5. The van der Waals surface area contributed by atoms with E-state index in [-0.39, 0.29) is 30.6 Å². The molecule has 3 atom stereocenters. The zero-order valence-electron chi connectivity index (χ0n) is 12.7. The van der Waals surface area contributed by atoms with E-state index in [0.29, 0.717) is 13.0 Å². The van der Waals surface area contributed by atoms with Gasteiger partial charge in [-0.1, -0.05) is 12.2 Å². The van der Waals surface area contributed by atoms with Gasteiger partial charge in [-0.3, -0.25) is 14.4 Å². The van der Waals surface area contributed by atoms with Crippen molar-refractivity contribution in [3.05, 3.63) is 23.8 Å². The van der Waals surface area contributed by atoms with E-state index in [1.807, 2.05) is 12.2 Å². The minimum absolute atomic E-state index is 0.00685. The van der Waals surface area contributed by atoms with Crippen molar-refractivity contribution in [3.63, 3.8) is 0 Å². The minimum atomic E-state index is -0.768. The van der Waals surface area contributed by atoms with Crippen LogP contribution in [0.5, 0.6) is 0 Å². The monoisotopic (exact) mass is 305 g/mol. The van der Waals surface area contributed by atoms with Crippen LogP contribution >= 0.6 is 0 Å². The normalized spacial score (nSPS) is 33.4. The van der Waals surface area contributed by atoms with Gasteiger partial charge in [-0.25, -0.2) is 0 Å². The van der Waals surface area contributed by atoms with Crippen molar-refractivity contribution in [1.29, 1.82) is 0 Å². The summed E-state index contributed by atoms with van der Waals surface area (Å²) in [6.07, 6.45) is 5.88. The van der Waals surface area contributed by atoms with E-state index in [4.69, 9.17) is 9.47 Å². The van der Waals surface area contributed by atoms with Crippen molar-refractivity contribution in [3.8, 4) is 0 Å². The molecule has 2 heterocycles. The Labute approximate surface area is 128 Å². The van der Waals surface area contributed by atoms with Crippen molar-refractivity contribution in [1.82, 2.24) is 4.90 Å². The van der Waals surface area contributed by atoms with Crippen LogP contribution in [-0.2, 0) is 23.9 Å². The fraction of sp³-hybridized carbons (Fsp3) is 0.562. The average molecular weight is 305 g/mol. The second-order valence-corrected chi connectivity index (χ2v) is 5.90. The molecule has 0 unspecified atom stereocenters. The molecule has 118 valence electrons. The van der Waals surface area contributed by atoms with Gasteiger partial charge in [0.05, 0.1) is 31.1 Å². The number of hydrogen-bond acceptors (Lipinski definition) is 5. The number of ketones is 1. The molecule has 3 aliphatic rings. The Morgan fingerprint density at radius 1 is 1.41 bits per heavy atom. The van der Waals surface area contributed by atoms with Gasteiger partial charge in [0.15, 0.2) is 0 Å². The molecule has 2 aliphatic heterocycles. The Kier molecular flexibility index (Phi) is 3.64. The maximum absolute atomic E-state index is 12.5. The Morgan fingerprint density at radius 2 is 2.18 bits per heavy atom. The van der Waals surface area contributed by atoms with E-state index >= 15 is 0 Å². The van der Waals surface area contributed by atoms with Gasteiger partial charge in [0, 0.05) is 32.6 Å². The zero-order chi connectivity index (χ0) is 15.9. The number of esters is 1. The van der Waals surface area contributed by atoms with Gasteiger partial charge in [0.2, 0.25) is 5.91 Å². The van der Waals surface area contributed by atoms with Gasteiger partial charge in [0.25, 0.3) is 0 Å². The summed E-state index contributed by atoms with van der Waals surface area (Å²) in [6, 6.07) is 0. The topological polar surface area (TPSA) is 72.9 Å². The maximum Gasteiger partial charge on any atom is 0.306 e. The van der Waals surface area contributed by atoms with Gasteiger partial charge >= 0.3 is 5.97 Å². The van der Waals surface area contributed by atoms with E-state index in [2.05, 4.69) is 0 Å². The summed E-state index contributed by atoms with van der Waals surface area (Å²) in [7, 11) is 2.90. The lowest BCUT2D eigenvalue weighted by Gasteiger charge is -2.50. The summed E-state index contributed by atoms with van der Waals surface area (Å²) in [5.41, 5.74) is 0.0310. The number of rotatable bonds is 3. The van der Waals surface area contributed by atoms with Crippen LogP contribution in [0.3, 0.4) is 0 Å². The number of amides is 1. The predicted octanol–water partition coefficient (Wildman–Crippen LogP) is 0.621. The first kappa shape index (κ1) is 15.0. The van der Waals surface area contributed by atoms with Crippen LogP contribution in [0.15, 0.2) is 23.8 Å². The first-order valence-electron chi connectivity index (χ1n) is 7.37. The molecule has 0 bridgehead atoms. The van der Waals surface area contributed by atoms with Gasteiger partial charge in [-0.15, -0.1) is 0 Å². The van der Waals surface area contributed by atoms with E-state index in [1.54, 1.807) is 18.1 Å². The summed E-state index contributed by atoms with van der Waals surface area (Å²) in [4.78, 5) is 38.3. The summed E-state index contributed by atoms with van der Waals surface area (Å²) < 4.78 is 10.2. The third-order valence-electron chi connectivity index (χ3n) is 4.98. The highest BCUT2D eigenvalue weighted by Crippen LogP contribution is 2.49. The lowest BCUT2D eigenvalue weighted by Crippen LogP contribution is -2.62. The molecule has 6 nitrogen and oxygen atoms in total. The Hall–Kier alpha value is -1.95. The fourth-order valence-corrected chi connectivity index (χ4v) is 3.89. The van der Waals surface area contributed by atoms with Gasteiger partial charge < -0.3 is 14.4 Å². The van der Waals surface area contributed by atoms with E-state index in [9.17, 15) is 14.4 Å². The van der Waals surface area contributed by atoms with E-state index in [0.717, 1.165) is 5.57 Å². The Bertz CT molecular complexity index is 593.